The molecule has 1 atom stereocenters. The van der Waals surface area contributed by atoms with Crippen molar-refractivity contribution in [1.29, 1.82) is 0 Å². The molecule has 112 valence electrons. The van der Waals surface area contributed by atoms with Crippen LogP contribution in [0.2, 0.25) is 0 Å². The van der Waals surface area contributed by atoms with Gasteiger partial charge in [0, 0.05) is 23.0 Å². The topological polar surface area (TPSA) is 58.6 Å². The summed E-state index contributed by atoms with van der Waals surface area (Å²) in [5.41, 5.74) is -0.855. The van der Waals surface area contributed by atoms with E-state index in [1.165, 1.54) is 4.90 Å². The van der Waals surface area contributed by atoms with Crippen LogP contribution in [-0.2, 0) is 10.3 Å². The summed E-state index contributed by atoms with van der Waals surface area (Å²) in [6.45, 7) is 6.00. The van der Waals surface area contributed by atoms with Gasteiger partial charge in [0.1, 0.15) is 11.4 Å². The van der Waals surface area contributed by atoms with E-state index in [0.29, 0.717) is 24.3 Å². The second-order valence-electron chi connectivity index (χ2n) is 6.06. The highest BCUT2D eigenvalue weighted by Gasteiger charge is 2.58. The molecule has 3 amide bonds. The van der Waals surface area contributed by atoms with E-state index in [4.69, 9.17) is 4.74 Å². The first kappa shape index (κ1) is 14.4. The first-order valence-corrected chi connectivity index (χ1v) is 7.71. The Kier molecular flexibility index (Phi) is 3.06. The molecule has 1 spiro atoms. The lowest BCUT2D eigenvalue weighted by Crippen LogP contribution is -2.53. The molecule has 21 heavy (non-hydrogen) atoms. The molecule has 1 fully saturated rings. The van der Waals surface area contributed by atoms with E-state index in [-0.39, 0.29) is 11.9 Å². The molecule has 1 saturated heterocycles. The highest BCUT2D eigenvalue weighted by Crippen LogP contribution is 2.47. The summed E-state index contributed by atoms with van der Waals surface area (Å²) < 4.78 is 6.82. The van der Waals surface area contributed by atoms with Crippen LogP contribution in [0, 0.1) is 0 Å². The van der Waals surface area contributed by atoms with Crippen LogP contribution in [0.25, 0.3) is 0 Å². The fourth-order valence-electron chi connectivity index (χ4n) is 3.21. The van der Waals surface area contributed by atoms with Gasteiger partial charge in [0.05, 0.1) is 0 Å². The quantitative estimate of drug-likeness (QED) is 0.790. The van der Waals surface area contributed by atoms with Gasteiger partial charge in [0.25, 0.3) is 5.91 Å². The fourth-order valence-corrected chi connectivity index (χ4v) is 3.57. The van der Waals surface area contributed by atoms with Crippen molar-refractivity contribution in [3.63, 3.8) is 0 Å². The third kappa shape index (κ3) is 2.04. The number of hydrogen-bond acceptors (Lipinski definition) is 3. The molecule has 0 radical (unpaired) electrons. The molecule has 2 aliphatic rings. The number of urea groups is 1. The van der Waals surface area contributed by atoms with Gasteiger partial charge in [-0.3, -0.25) is 9.69 Å². The van der Waals surface area contributed by atoms with E-state index >= 15 is 0 Å². The first-order chi connectivity index (χ1) is 9.79. The van der Waals surface area contributed by atoms with Crippen molar-refractivity contribution < 1.29 is 14.3 Å². The van der Waals surface area contributed by atoms with Gasteiger partial charge in [0.15, 0.2) is 5.54 Å². The smallest absolute Gasteiger partial charge is 0.325 e. The van der Waals surface area contributed by atoms with Crippen molar-refractivity contribution in [2.24, 2.45) is 0 Å². The second kappa shape index (κ2) is 4.47. The van der Waals surface area contributed by atoms with Gasteiger partial charge in [0.2, 0.25) is 0 Å². The molecule has 6 heteroatoms. The van der Waals surface area contributed by atoms with Crippen molar-refractivity contribution in [2.45, 2.75) is 38.3 Å². The average molecular weight is 353 g/mol. The number of carbonyl (C=O) groups excluding carboxylic acids is 2. The molecule has 0 aliphatic carbocycles. The van der Waals surface area contributed by atoms with Crippen LogP contribution < -0.4 is 10.1 Å². The Labute approximate surface area is 131 Å². The molecular formula is C15H17BrN2O3. The third-order valence-corrected chi connectivity index (χ3v) is 4.46. The van der Waals surface area contributed by atoms with Gasteiger partial charge in [-0.05, 0) is 39.0 Å². The molecule has 2 aliphatic heterocycles. The number of nitrogens with zero attached hydrogens (tertiary/aromatic N) is 1. The van der Waals surface area contributed by atoms with E-state index in [2.05, 4.69) is 21.2 Å². The Morgan fingerprint density at radius 1 is 1.38 bits per heavy atom. The summed E-state index contributed by atoms with van der Waals surface area (Å²) >= 11 is 3.42. The van der Waals surface area contributed by atoms with Gasteiger partial charge >= 0.3 is 6.03 Å². The predicted octanol–water partition coefficient (Wildman–Crippen LogP) is 2.78. The molecule has 5 nitrogen and oxygen atoms in total. The fraction of sp³-hybridized carbons (Fsp3) is 0.467. The van der Waals surface area contributed by atoms with Gasteiger partial charge in [-0.2, -0.15) is 0 Å². The average Bonchev–Trinajstić information content (AvgIpc) is 2.61. The second-order valence-corrected chi connectivity index (χ2v) is 6.98. The number of carbonyl (C=O) groups is 2. The molecule has 2 heterocycles. The monoisotopic (exact) mass is 352 g/mol. The molecule has 1 aromatic rings. The Morgan fingerprint density at radius 3 is 2.71 bits per heavy atom. The van der Waals surface area contributed by atoms with Gasteiger partial charge in [-0.15, -0.1) is 0 Å². The zero-order valence-corrected chi connectivity index (χ0v) is 13.8. The highest BCUT2D eigenvalue weighted by molar-refractivity contribution is 9.10. The zero-order chi connectivity index (χ0) is 15.4. The van der Waals surface area contributed by atoms with Crippen molar-refractivity contribution >= 4 is 27.9 Å². The van der Waals surface area contributed by atoms with Crippen molar-refractivity contribution in [1.82, 2.24) is 10.2 Å². The van der Waals surface area contributed by atoms with Crippen LogP contribution in [0.4, 0.5) is 4.79 Å². The lowest BCUT2D eigenvalue weighted by molar-refractivity contribution is -0.134. The normalized spacial score (nSPS) is 26.6. The third-order valence-electron chi connectivity index (χ3n) is 3.97. The molecule has 3 rings (SSSR count). The number of hydrogen-bond donors (Lipinski definition) is 1. The number of halogens is 1. The van der Waals surface area contributed by atoms with E-state index in [0.717, 1.165) is 4.47 Å². The van der Waals surface area contributed by atoms with Crippen LogP contribution in [-0.4, -0.2) is 29.0 Å². The summed E-state index contributed by atoms with van der Waals surface area (Å²) in [4.78, 5) is 26.2. The van der Waals surface area contributed by atoms with Crippen LogP contribution in [0.5, 0.6) is 5.75 Å². The van der Waals surface area contributed by atoms with Crippen molar-refractivity contribution in [3.05, 3.63) is 28.2 Å². The van der Waals surface area contributed by atoms with Crippen molar-refractivity contribution in [2.75, 3.05) is 6.54 Å². The van der Waals surface area contributed by atoms with E-state index in [1.807, 2.05) is 32.0 Å². The zero-order valence-electron chi connectivity index (χ0n) is 12.2. The van der Waals surface area contributed by atoms with Crippen LogP contribution >= 0.6 is 15.9 Å². The van der Waals surface area contributed by atoms with Crippen LogP contribution in [0.15, 0.2) is 22.7 Å². The summed E-state index contributed by atoms with van der Waals surface area (Å²) in [6, 6.07) is 5.20. The number of imide groups is 1. The minimum Gasteiger partial charge on any atom is -0.487 e. The predicted molar refractivity (Wildman–Crippen MR) is 81.1 cm³/mol. The summed E-state index contributed by atoms with van der Waals surface area (Å²) in [5, 5.41) is 2.90. The lowest BCUT2D eigenvalue weighted by Gasteiger charge is -2.42. The number of likely N-dealkylation sites (N-methyl/N-ethyl adjacent to an activating group) is 1. The number of fused-ring (bicyclic) bond motifs is 2. The maximum absolute atomic E-state index is 12.9. The molecule has 0 aromatic heterocycles. The lowest BCUT2D eigenvalue weighted by atomic mass is 9.77. The van der Waals surface area contributed by atoms with E-state index in [1.54, 1.807) is 6.92 Å². The maximum atomic E-state index is 12.9. The number of nitrogens with one attached hydrogen (secondary N) is 1. The molecule has 1 N–H and O–H groups in total. The Hall–Kier alpha value is -1.56. The molecule has 1 aromatic carbocycles. The standard InChI is InChI=1S/C15H17BrN2O3/c1-4-18-12(19)15(17-13(18)20)8-14(2,3)21-11-6-5-9(16)7-10(11)15/h5-7H,4,8H2,1-3H3,(H,17,20). The van der Waals surface area contributed by atoms with Crippen LogP contribution in [0.3, 0.4) is 0 Å². The van der Waals surface area contributed by atoms with E-state index in [9.17, 15) is 9.59 Å². The minimum absolute atomic E-state index is 0.203. The largest absolute Gasteiger partial charge is 0.487 e. The number of rotatable bonds is 1. The van der Waals surface area contributed by atoms with Crippen LogP contribution in [0.1, 0.15) is 32.8 Å². The SMILES string of the molecule is CCN1C(=O)NC2(CC(C)(C)Oc3ccc(Br)cc32)C1=O. The molecule has 0 saturated carbocycles. The van der Waals surface area contributed by atoms with Gasteiger partial charge in [-0.1, -0.05) is 15.9 Å². The number of ether oxygens (including phenoxy) is 1. The Morgan fingerprint density at radius 2 is 2.10 bits per heavy atom. The van der Waals surface area contributed by atoms with Gasteiger partial charge in [-0.25, -0.2) is 4.79 Å². The first-order valence-electron chi connectivity index (χ1n) is 6.92. The van der Waals surface area contributed by atoms with Crippen molar-refractivity contribution in [3.8, 4) is 5.75 Å². The summed E-state index contributed by atoms with van der Waals surface area (Å²) in [5.74, 6) is 0.437. The molecule has 1 unspecified atom stereocenters. The maximum Gasteiger partial charge on any atom is 0.325 e. The Bertz CT molecular complexity index is 644. The summed E-state index contributed by atoms with van der Waals surface area (Å²) in [6.07, 6.45) is 0.407. The number of benzene rings is 1. The van der Waals surface area contributed by atoms with E-state index < -0.39 is 11.1 Å². The number of amides is 3. The molecule has 0 bridgehead atoms. The summed E-state index contributed by atoms with van der Waals surface area (Å²) in [7, 11) is 0. The van der Waals surface area contributed by atoms with Gasteiger partial charge < -0.3 is 10.1 Å². The minimum atomic E-state index is -1.03. The highest BCUT2D eigenvalue weighted by atomic mass is 79.9. The Balaban J connectivity index is 2.21. The molecular weight excluding hydrogens is 336 g/mol.